The molecule has 0 bridgehead atoms. The number of nitrogens with one attached hydrogen (secondary N) is 1. The molecular formula is C14H21ClN2OS. The molecule has 0 fully saturated rings. The number of unbranched alkanes of at least 4 members (excludes halogenated alkanes) is 1. The molecule has 0 radical (unpaired) electrons. The predicted octanol–water partition coefficient (Wildman–Crippen LogP) is 2.83. The summed E-state index contributed by atoms with van der Waals surface area (Å²) in [5, 5.41) is 7.37. The molecule has 2 heterocycles. The molecule has 5 heteroatoms. The maximum absolute atomic E-state index is 12.4. The molecule has 19 heavy (non-hydrogen) atoms. The summed E-state index contributed by atoms with van der Waals surface area (Å²) in [5.41, 5.74) is 1.23. The highest BCUT2D eigenvalue weighted by molar-refractivity contribution is 7.07. The van der Waals surface area contributed by atoms with E-state index >= 15 is 0 Å². The number of rotatable bonds is 6. The van der Waals surface area contributed by atoms with Crippen molar-refractivity contribution in [1.29, 1.82) is 0 Å². The Morgan fingerprint density at radius 3 is 3.00 bits per heavy atom. The molecule has 1 aliphatic rings. The highest BCUT2D eigenvalue weighted by Crippen LogP contribution is 2.12. The van der Waals surface area contributed by atoms with Crippen molar-refractivity contribution >= 4 is 29.7 Å². The number of hydrogen-bond donors (Lipinski definition) is 1. The van der Waals surface area contributed by atoms with Crippen molar-refractivity contribution in [3.05, 3.63) is 34.5 Å². The molecule has 1 aliphatic heterocycles. The topological polar surface area (TPSA) is 32.3 Å². The van der Waals surface area contributed by atoms with Crippen LogP contribution >= 0.6 is 23.7 Å². The van der Waals surface area contributed by atoms with Crippen LogP contribution in [0.2, 0.25) is 0 Å². The van der Waals surface area contributed by atoms with Gasteiger partial charge in [-0.15, -0.1) is 12.4 Å². The van der Waals surface area contributed by atoms with Crippen LogP contribution in [0.1, 0.15) is 25.3 Å². The summed E-state index contributed by atoms with van der Waals surface area (Å²) in [5.74, 6) is 0.198. The van der Waals surface area contributed by atoms with Gasteiger partial charge in [-0.25, -0.2) is 0 Å². The number of halogens is 1. The van der Waals surface area contributed by atoms with Crippen LogP contribution in [0.4, 0.5) is 0 Å². The lowest BCUT2D eigenvalue weighted by molar-refractivity contribution is -0.132. The summed E-state index contributed by atoms with van der Waals surface area (Å²) >= 11 is 1.68. The zero-order chi connectivity index (χ0) is 12.8. The van der Waals surface area contributed by atoms with Gasteiger partial charge >= 0.3 is 0 Å². The molecule has 2 rings (SSSR count). The summed E-state index contributed by atoms with van der Waals surface area (Å²) in [6.45, 7) is 4.53. The molecular weight excluding hydrogens is 280 g/mol. The van der Waals surface area contributed by atoms with Gasteiger partial charge in [0.15, 0.2) is 0 Å². The molecule has 0 saturated carbocycles. The quantitative estimate of drug-likeness (QED) is 0.819. The number of carbonyl (C=O) groups excluding carboxylic acids is 1. The molecule has 0 aliphatic carbocycles. The smallest absolute Gasteiger partial charge is 0.243 e. The summed E-state index contributed by atoms with van der Waals surface area (Å²) in [4.78, 5) is 14.4. The van der Waals surface area contributed by atoms with Crippen LogP contribution in [0.5, 0.6) is 0 Å². The van der Waals surface area contributed by atoms with Gasteiger partial charge in [0.25, 0.3) is 0 Å². The Balaban J connectivity index is 0.00000180. The molecule has 1 aromatic heterocycles. The fourth-order valence-electron chi connectivity index (χ4n) is 2.05. The molecule has 1 aromatic rings. The van der Waals surface area contributed by atoms with E-state index in [4.69, 9.17) is 0 Å². The largest absolute Gasteiger partial charge is 0.337 e. The Hall–Kier alpha value is -0.840. The summed E-state index contributed by atoms with van der Waals surface area (Å²) < 4.78 is 0. The van der Waals surface area contributed by atoms with Crippen LogP contribution in [-0.2, 0) is 11.3 Å². The van der Waals surface area contributed by atoms with E-state index in [1.54, 1.807) is 11.3 Å². The summed E-state index contributed by atoms with van der Waals surface area (Å²) in [6, 6.07) is 1.97. The lowest BCUT2D eigenvalue weighted by Crippen LogP contribution is -2.43. The average Bonchev–Trinajstić information content (AvgIpc) is 3.06. The molecule has 0 aromatic carbocycles. The number of thiophene rings is 1. The second kappa shape index (κ2) is 8.35. The molecule has 106 valence electrons. The third-order valence-corrected chi connectivity index (χ3v) is 3.83. The van der Waals surface area contributed by atoms with Gasteiger partial charge < -0.3 is 4.90 Å². The minimum Gasteiger partial charge on any atom is -0.337 e. The Bertz CT molecular complexity index is 406. The van der Waals surface area contributed by atoms with Crippen molar-refractivity contribution < 1.29 is 4.79 Å². The fraction of sp³-hybridized carbons (Fsp3) is 0.500. The zero-order valence-corrected chi connectivity index (χ0v) is 12.8. The van der Waals surface area contributed by atoms with Crippen molar-refractivity contribution in [3.63, 3.8) is 0 Å². The maximum atomic E-state index is 12.4. The van der Waals surface area contributed by atoms with E-state index in [9.17, 15) is 4.79 Å². The maximum Gasteiger partial charge on any atom is 0.243 e. The minimum atomic E-state index is -0.125. The first-order chi connectivity index (χ1) is 8.81. The van der Waals surface area contributed by atoms with Gasteiger partial charge in [-0.1, -0.05) is 25.5 Å². The van der Waals surface area contributed by atoms with Crippen LogP contribution in [0, 0.1) is 0 Å². The fourth-order valence-corrected chi connectivity index (χ4v) is 2.71. The molecule has 0 saturated heterocycles. The van der Waals surface area contributed by atoms with Crippen LogP contribution in [0.3, 0.4) is 0 Å². The van der Waals surface area contributed by atoms with Gasteiger partial charge in [-0.2, -0.15) is 11.3 Å². The van der Waals surface area contributed by atoms with E-state index in [0.29, 0.717) is 0 Å². The van der Waals surface area contributed by atoms with E-state index < -0.39 is 0 Å². The van der Waals surface area contributed by atoms with Gasteiger partial charge in [-0.05, 0) is 28.8 Å². The van der Waals surface area contributed by atoms with Gasteiger partial charge in [0.1, 0.15) is 6.04 Å². The zero-order valence-electron chi connectivity index (χ0n) is 11.2. The monoisotopic (exact) mass is 300 g/mol. The molecule has 1 atom stereocenters. The SMILES string of the molecule is CCCCN(Cc1ccsc1)C(=O)C1C=CCN1.Cl. The average molecular weight is 301 g/mol. The Labute approximate surface area is 125 Å². The van der Waals surface area contributed by atoms with Crippen LogP contribution in [-0.4, -0.2) is 29.9 Å². The van der Waals surface area contributed by atoms with Crippen molar-refractivity contribution in [2.45, 2.75) is 32.4 Å². The Morgan fingerprint density at radius 2 is 2.42 bits per heavy atom. The highest BCUT2D eigenvalue weighted by atomic mass is 35.5. The van der Waals surface area contributed by atoms with Gasteiger partial charge in [0, 0.05) is 19.6 Å². The first kappa shape index (κ1) is 16.2. The minimum absolute atomic E-state index is 0. The van der Waals surface area contributed by atoms with E-state index in [1.807, 2.05) is 17.1 Å². The number of carbonyl (C=O) groups is 1. The summed E-state index contributed by atoms with van der Waals surface area (Å²) in [6.07, 6.45) is 6.16. The molecule has 1 N–H and O–H groups in total. The van der Waals surface area contributed by atoms with E-state index in [2.05, 4.69) is 29.1 Å². The van der Waals surface area contributed by atoms with Crippen LogP contribution in [0.15, 0.2) is 29.0 Å². The normalized spacial score (nSPS) is 17.2. The van der Waals surface area contributed by atoms with Crippen molar-refractivity contribution in [1.82, 2.24) is 10.2 Å². The Kier molecular flexibility index (Phi) is 7.13. The van der Waals surface area contributed by atoms with E-state index in [1.165, 1.54) is 5.56 Å². The molecule has 3 nitrogen and oxygen atoms in total. The lowest BCUT2D eigenvalue weighted by Gasteiger charge is -2.25. The third-order valence-electron chi connectivity index (χ3n) is 3.10. The third kappa shape index (κ3) is 4.64. The highest BCUT2D eigenvalue weighted by Gasteiger charge is 2.23. The first-order valence-electron chi connectivity index (χ1n) is 6.51. The van der Waals surface area contributed by atoms with E-state index in [0.717, 1.165) is 32.5 Å². The number of nitrogens with zero attached hydrogens (tertiary/aromatic N) is 1. The van der Waals surface area contributed by atoms with Gasteiger partial charge in [-0.3, -0.25) is 10.1 Å². The molecule has 1 unspecified atom stereocenters. The predicted molar refractivity (Wildman–Crippen MR) is 82.8 cm³/mol. The summed E-state index contributed by atoms with van der Waals surface area (Å²) in [7, 11) is 0. The second-order valence-electron chi connectivity index (χ2n) is 4.56. The second-order valence-corrected chi connectivity index (χ2v) is 5.34. The first-order valence-corrected chi connectivity index (χ1v) is 7.45. The number of hydrogen-bond acceptors (Lipinski definition) is 3. The molecule has 0 spiro atoms. The van der Waals surface area contributed by atoms with Crippen molar-refractivity contribution in [2.75, 3.05) is 13.1 Å². The van der Waals surface area contributed by atoms with Gasteiger partial charge in [0.05, 0.1) is 0 Å². The van der Waals surface area contributed by atoms with Gasteiger partial charge in [0.2, 0.25) is 5.91 Å². The van der Waals surface area contributed by atoms with E-state index in [-0.39, 0.29) is 24.4 Å². The van der Waals surface area contributed by atoms with Crippen molar-refractivity contribution in [2.24, 2.45) is 0 Å². The van der Waals surface area contributed by atoms with Crippen LogP contribution < -0.4 is 5.32 Å². The Morgan fingerprint density at radius 1 is 1.58 bits per heavy atom. The molecule has 1 amide bonds. The lowest BCUT2D eigenvalue weighted by atomic mass is 10.2. The number of amides is 1. The van der Waals surface area contributed by atoms with Crippen molar-refractivity contribution in [3.8, 4) is 0 Å². The standard InChI is InChI=1S/C14H20N2OS.ClH/c1-2-3-8-16(10-12-6-9-18-11-12)14(17)13-5-4-7-15-13;/h4-6,9,11,13,15H,2-3,7-8,10H2,1H3;1H. The van der Waals surface area contributed by atoms with Crippen LogP contribution in [0.25, 0.3) is 0 Å².